The van der Waals surface area contributed by atoms with Crippen molar-refractivity contribution in [1.82, 2.24) is 0 Å². The summed E-state index contributed by atoms with van der Waals surface area (Å²) in [4.78, 5) is 11.6. The SMILES string of the molecule is C=C(C)C(=C)Oc1ccc(-c2ccc(-c3ccc(OC(=O)C(=C)C)cc3)cc2)c(C)c1. The number of aryl methyl sites for hydroxylation is 1. The van der Waals surface area contributed by atoms with E-state index in [2.05, 4.69) is 57.0 Å². The predicted molar refractivity (Wildman–Crippen MR) is 127 cm³/mol. The lowest BCUT2D eigenvalue weighted by molar-refractivity contribution is -0.130. The molecule has 0 bridgehead atoms. The van der Waals surface area contributed by atoms with Gasteiger partial charge in [-0.2, -0.15) is 0 Å². The zero-order valence-corrected chi connectivity index (χ0v) is 18.2. The summed E-state index contributed by atoms with van der Waals surface area (Å²) in [6.45, 7) is 16.9. The van der Waals surface area contributed by atoms with E-state index >= 15 is 0 Å². The van der Waals surface area contributed by atoms with E-state index in [0.29, 0.717) is 17.1 Å². The largest absolute Gasteiger partial charge is 0.458 e. The third-order valence-electron chi connectivity index (χ3n) is 4.86. The van der Waals surface area contributed by atoms with Crippen molar-refractivity contribution in [3.8, 4) is 33.8 Å². The van der Waals surface area contributed by atoms with Crippen LogP contribution in [0.2, 0.25) is 0 Å². The van der Waals surface area contributed by atoms with Crippen LogP contribution in [0, 0.1) is 6.92 Å². The first kappa shape index (κ1) is 21.8. The van der Waals surface area contributed by atoms with Crippen molar-refractivity contribution in [3.63, 3.8) is 0 Å². The monoisotopic (exact) mass is 410 g/mol. The van der Waals surface area contributed by atoms with Crippen molar-refractivity contribution in [2.75, 3.05) is 0 Å². The van der Waals surface area contributed by atoms with Gasteiger partial charge < -0.3 is 9.47 Å². The molecule has 0 amide bonds. The average molecular weight is 411 g/mol. The summed E-state index contributed by atoms with van der Waals surface area (Å²) < 4.78 is 11.0. The number of allylic oxidation sites excluding steroid dienone is 1. The summed E-state index contributed by atoms with van der Waals surface area (Å²) >= 11 is 0. The Hall–Kier alpha value is -3.85. The van der Waals surface area contributed by atoms with Gasteiger partial charge in [-0.3, -0.25) is 0 Å². The second-order valence-corrected chi connectivity index (χ2v) is 7.55. The Kier molecular flexibility index (Phi) is 6.56. The molecule has 0 saturated heterocycles. The third-order valence-corrected chi connectivity index (χ3v) is 4.86. The van der Waals surface area contributed by atoms with Gasteiger partial charge in [-0.1, -0.05) is 62.2 Å². The summed E-state index contributed by atoms with van der Waals surface area (Å²) in [6, 6.07) is 21.8. The molecule has 0 atom stereocenters. The van der Waals surface area contributed by atoms with Crippen LogP contribution >= 0.6 is 0 Å². The van der Waals surface area contributed by atoms with Crippen LogP contribution in [0.5, 0.6) is 11.5 Å². The molecule has 0 heterocycles. The fourth-order valence-electron chi connectivity index (χ4n) is 3.00. The second-order valence-electron chi connectivity index (χ2n) is 7.55. The van der Waals surface area contributed by atoms with Crippen molar-refractivity contribution in [1.29, 1.82) is 0 Å². The molecule has 3 aromatic carbocycles. The smallest absolute Gasteiger partial charge is 0.338 e. The van der Waals surface area contributed by atoms with Gasteiger partial charge in [0.05, 0.1) is 0 Å². The van der Waals surface area contributed by atoms with Crippen LogP contribution in [0.4, 0.5) is 0 Å². The molecule has 3 nitrogen and oxygen atoms in total. The Morgan fingerprint density at radius 1 is 0.677 bits per heavy atom. The number of benzene rings is 3. The zero-order chi connectivity index (χ0) is 22.5. The highest BCUT2D eigenvalue weighted by Gasteiger charge is 2.08. The maximum Gasteiger partial charge on any atom is 0.338 e. The molecule has 0 N–H and O–H groups in total. The number of hydrogen-bond acceptors (Lipinski definition) is 3. The van der Waals surface area contributed by atoms with Gasteiger partial charge in [0.1, 0.15) is 17.3 Å². The van der Waals surface area contributed by atoms with E-state index in [1.54, 1.807) is 19.1 Å². The van der Waals surface area contributed by atoms with Gasteiger partial charge in [0.2, 0.25) is 0 Å². The highest BCUT2D eigenvalue weighted by Crippen LogP contribution is 2.30. The molecule has 0 aliphatic heterocycles. The quantitative estimate of drug-likeness (QED) is 0.135. The molecule has 31 heavy (non-hydrogen) atoms. The van der Waals surface area contributed by atoms with Crippen LogP contribution in [0.3, 0.4) is 0 Å². The molecular formula is C28H26O3. The van der Waals surface area contributed by atoms with Gasteiger partial charge in [-0.05, 0) is 78.4 Å². The van der Waals surface area contributed by atoms with Gasteiger partial charge in [0.25, 0.3) is 0 Å². The van der Waals surface area contributed by atoms with Crippen LogP contribution in [0.15, 0.2) is 103 Å². The first-order valence-corrected chi connectivity index (χ1v) is 9.96. The molecule has 0 saturated carbocycles. The Bertz CT molecular complexity index is 1150. The number of esters is 1. The first-order valence-electron chi connectivity index (χ1n) is 9.96. The minimum atomic E-state index is -0.423. The van der Waals surface area contributed by atoms with Crippen molar-refractivity contribution in [2.45, 2.75) is 20.8 Å². The summed E-state index contributed by atoms with van der Waals surface area (Å²) in [6.07, 6.45) is 0. The van der Waals surface area contributed by atoms with Crippen LogP contribution < -0.4 is 9.47 Å². The predicted octanol–water partition coefficient (Wildman–Crippen LogP) is 7.28. The number of ether oxygens (including phenoxy) is 2. The van der Waals surface area contributed by atoms with E-state index in [-0.39, 0.29) is 0 Å². The van der Waals surface area contributed by atoms with Gasteiger partial charge in [-0.25, -0.2) is 4.79 Å². The lowest BCUT2D eigenvalue weighted by atomic mass is 9.97. The fourth-order valence-corrected chi connectivity index (χ4v) is 3.00. The maximum atomic E-state index is 11.6. The topological polar surface area (TPSA) is 35.5 Å². The average Bonchev–Trinajstić information content (AvgIpc) is 2.74. The number of carbonyl (C=O) groups is 1. The highest BCUT2D eigenvalue weighted by atomic mass is 16.5. The van der Waals surface area contributed by atoms with Gasteiger partial charge >= 0.3 is 5.97 Å². The Labute approximate surface area is 184 Å². The molecule has 0 aromatic heterocycles. The van der Waals surface area contributed by atoms with Crippen molar-refractivity contribution >= 4 is 5.97 Å². The molecule has 0 aliphatic carbocycles. The first-order chi connectivity index (χ1) is 14.7. The van der Waals surface area contributed by atoms with Crippen LogP contribution in [-0.4, -0.2) is 5.97 Å². The van der Waals surface area contributed by atoms with E-state index in [4.69, 9.17) is 9.47 Å². The molecular weight excluding hydrogens is 384 g/mol. The molecule has 156 valence electrons. The molecule has 3 heteroatoms. The molecule has 0 fully saturated rings. The molecule has 0 unspecified atom stereocenters. The second kappa shape index (κ2) is 9.31. The normalized spacial score (nSPS) is 10.3. The van der Waals surface area contributed by atoms with Gasteiger partial charge in [-0.15, -0.1) is 0 Å². The molecule has 3 aromatic rings. The summed E-state index contributed by atoms with van der Waals surface area (Å²) in [7, 11) is 0. The summed E-state index contributed by atoms with van der Waals surface area (Å²) in [5.41, 5.74) is 6.68. The maximum absolute atomic E-state index is 11.6. The van der Waals surface area contributed by atoms with E-state index < -0.39 is 5.97 Å². The Morgan fingerprint density at radius 2 is 1.19 bits per heavy atom. The van der Waals surface area contributed by atoms with Gasteiger partial charge in [0, 0.05) is 5.57 Å². The van der Waals surface area contributed by atoms with Gasteiger partial charge in [0.15, 0.2) is 0 Å². The van der Waals surface area contributed by atoms with Crippen LogP contribution in [0.25, 0.3) is 22.3 Å². The van der Waals surface area contributed by atoms with Crippen molar-refractivity contribution in [2.24, 2.45) is 0 Å². The Balaban J connectivity index is 1.75. The lowest BCUT2D eigenvalue weighted by Gasteiger charge is -2.12. The van der Waals surface area contributed by atoms with Crippen LogP contribution in [-0.2, 0) is 4.79 Å². The van der Waals surface area contributed by atoms with E-state index in [0.717, 1.165) is 39.1 Å². The molecule has 0 aliphatic rings. The van der Waals surface area contributed by atoms with E-state index in [1.807, 2.05) is 31.2 Å². The highest BCUT2D eigenvalue weighted by molar-refractivity contribution is 5.88. The minimum absolute atomic E-state index is 0.371. The number of rotatable bonds is 7. The zero-order valence-electron chi connectivity index (χ0n) is 18.2. The standard InChI is InChI=1S/C28H26O3/c1-18(2)21(6)30-26-15-16-27(20(5)17-26)24-9-7-22(8-10-24)23-11-13-25(14-12-23)31-28(29)19(3)4/h7-17H,1,3,6H2,2,4-5H3. The molecule has 0 radical (unpaired) electrons. The van der Waals surface area contributed by atoms with Crippen LogP contribution in [0.1, 0.15) is 19.4 Å². The van der Waals surface area contributed by atoms with E-state index in [1.165, 1.54) is 0 Å². The minimum Gasteiger partial charge on any atom is -0.458 e. The number of carbonyl (C=O) groups excluding carboxylic acids is 1. The third kappa shape index (κ3) is 5.40. The van der Waals surface area contributed by atoms with Crippen molar-refractivity contribution in [3.05, 3.63) is 109 Å². The van der Waals surface area contributed by atoms with Crippen molar-refractivity contribution < 1.29 is 14.3 Å². The lowest BCUT2D eigenvalue weighted by Crippen LogP contribution is -2.07. The number of hydrogen-bond donors (Lipinski definition) is 0. The molecule has 0 spiro atoms. The molecule has 3 rings (SSSR count). The summed E-state index contributed by atoms with van der Waals surface area (Å²) in [5.74, 6) is 1.39. The Morgan fingerprint density at radius 3 is 1.71 bits per heavy atom. The summed E-state index contributed by atoms with van der Waals surface area (Å²) in [5, 5.41) is 0. The van der Waals surface area contributed by atoms with E-state index in [9.17, 15) is 4.79 Å². The fraction of sp³-hybridized carbons (Fsp3) is 0.107.